The summed E-state index contributed by atoms with van der Waals surface area (Å²) in [5.74, 6) is -0.190. The summed E-state index contributed by atoms with van der Waals surface area (Å²) in [6.45, 7) is 6.36. The highest BCUT2D eigenvalue weighted by Crippen LogP contribution is 2.24. The summed E-state index contributed by atoms with van der Waals surface area (Å²) in [7, 11) is 0. The van der Waals surface area contributed by atoms with Crippen LogP contribution in [0.3, 0.4) is 0 Å². The van der Waals surface area contributed by atoms with Crippen LogP contribution in [0.25, 0.3) is 11.1 Å². The SMILES string of the molecule is CC(=O)NC1(C)CCN(Cc2ccc(-c3cccc(F)c3)cc2)C1. The second-order valence-corrected chi connectivity index (χ2v) is 6.91. The molecule has 1 aliphatic heterocycles. The van der Waals surface area contributed by atoms with Crippen LogP contribution in [-0.2, 0) is 11.3 Å². The molecule has 1 heterocycles. The lowest BCUT2D eigenvalue weighted by Crippen LogP contribution is -2.46. The van der Waals surface area contributed by atoms with Gasteiger partial charge in [0.25, 0.3) is 0 Å². The number of hydrogen-bond acceptors (Lipinski definition) is 2. The minimum Gasteiger partial charge on any atom is -0.350 e. The third kappa shape index (κ3) is 4.01. The van der Waals surface area contributed by atoms with Crippen molar-refractivity contribution in [3.63, 3.8) is 0 Å². The van der Waals surface area contributed by atoms with Crippen molar-refractivity contribution in [2.24, 2.45) is 0 Å². The summed E-state index contributed by atoms with van der Waals surface area (Å²) in [5, 5.41) is 3.05. The van der Waals surface area contributed by atoms with Crippen molar-refractivity contribution < 1.29 is 9.18 Å². The van der Waals surface area contributed by atoms with E-state index in [0.717, 1.165) is 37.2 Å². The predicted octanol–water partition coefficient (Wildman–Crippen LogP) is 3.59. The second-order valence-electron chi connectivity index (χ2n) is 6.91. The number of likely N-dealkylation sites (tertiary alicyclic amines) is 1. The Labute approximate surface area is 142 Å². The summed E-state index contributed by atoms with van der Waals surface area (Å²) in [4.78, 5) is 13.7. The van der Waals surface area contributed by atoms with Crippen LogP contribution in [0.2, 0.25) is 0 Å². The van der Waals surface area contributed by atoms with Crippen molar-refractivity contribution in [1.29, 1.82) is 0 Å². The standard InChI is InChI=1S/C20H23FN2O/c1-15(24)22-20(2)10-11-23(14-20)13-16-6-8-17(9-7-16)18-4-3-5-19(21)12-18/h3-9,12H,10-11,13-14H2,1-2H3,(H,22,24). The average Bonchev–Trinajstić information content (AvgIpc) is 2.88. The quantitative estimate of drug-likeness (QED) is 0.931. The lowest BCUT2D eigenvalue weighted by Gasteiger charge is -2.25. The molecule has 1 N–H and O–H groups in total. The van der Waals surface area contributed by atoms with Crippen LogP contribution in [-0.4, -0.2) is 29.4 Å². The van der Waals surface area contributed by atoms with Gasteiger partial charge in [-0.05, 0) is 42.2 Å². The molecular formula is C20H23FN2O. The Morgan fingerprint density at radius 2 is 1.96 bits per heavy atom. The van der Waals surface area contributed by atoms with Crippen LogP contribution in [0.5, 0.6) is 0 Å². The van der Waals surface area contributed by atoms with E-state index >= 15 is 0 Å². The predicted molar refractivity (Wildman–Crippen MR) is 94.0 cm³/mol. The maximum absolute atomic E-state index is 13.3. The maximum Gasteiger partial charge on any atom is 0.217 e. The summed E-state index contributed by atoms with van der Waals surface area (Å²) >= 11 is 0. The summed E-state index contributed by atoms with van der Waals surface area (Å²) < 4.78 is 13.3. The molecule has 1 atom stereocenters. The lowest BCUT2D eigenvalue weighted by molar-refractivity contribution is -0.120. The number of amides is 1. The fourth-order valence-corrected chi connectivity index (χ4v) is 3.45. The molecule has 3 rings (SSSR count). The zero-order chi connectivity index (χ0) is 17.2. The molecule has 0 spiro atoms. The molecule has 24 heavy (non-hydrogen) atoms. The van der Waals surface area contributed by atoms with Gasteiger partial charge in [-0.3, -0.25) is 9.69 Å². The van der Waals surface area contributed by atoms with Gasteiger partial charge in [0.15, 0.2) is 0 Å². The van der Waals surface area contributed by atoms with Crippen LogP contribution in [0, 0.1) is 5.82 Å². The Morgan fingerprint density at radius 1 is 1.21 bits per heavy atom. The highest BCUT2D eigenvalue weighted by molar-refractivity contribution is 5.73. The Kier molecular flexibility index (Phi) is 4.67. The monoisotopic (exact) mass is 326 g/mol. The van der Waals surface area contributed by atoms with E-state index in [-0.39, 0.29) is 17.3 Å². The van der Waals surface area contributed by atoms with E-state index in [4.69, 9.17) is 0 Å². The molecule has 0 aliphatic carbocycles. The number of benzene rings is 2. The first-order valence-electron chi connectivity index (χ1n) is 8.30. The molecule has 0 aromatic heterocycles. The zero-order valence-electron chi connectivity index (χ0n) is 14.2. The molecule has 1 saturated heterocycles. The van der Waals surface area contributed by atoms with E-state index in [1.54, 1.807) is 19.1 Å². The van der Waals surface area contributed by atoms with Gasteiger partial charge < -0.3 is 5.32 Å². The Bertz CT molecular complexity index is 729. The first kappa shape index (κ1) is 16.7. The van der Waals surface area contributed by atoms with Gasteiger partial charge in [-0.25, -0.2) is 4.39 Å². The minimum absolute atomic E-state index is 0.0267. The highest BCUT2D eigenvalue weighted by Gasteiger charge is 2.34. The Hall–Kier alpha value is -2.20. The molecule has 3 nitrogen and oxygen atoms in total. The number of rotatable bonds is 4. The van der Waals surface area contributed by atoms with Crippen molar-refractivity contribution in [1.82, 2.24) is 10.2 Å². The van der Waals surface area contributed by atoms with E-state index in [1.165, 1.54) is 11.6 Å². The van der Waals surface area contributed by atoms with Gasteiger partial charge in [0.05, 0.1) is 5.54 Å². The Balaban J connectivity index is 1.64. The molecule has 1 fully saturated rings. The van der Waals surface area contributed by atoms with Gasteiger partial charge in [-0.2, -0.15) is 0 Å². The highest BCUT2D eigenvalue weighted by atomic mass is 19.1. The molecule has 2 aromatic rings. The van der Waals surface area contributed by atoms with Crippen molar-refractivity contribution in [3.05, 3.63) is 59.9 Å². The first-order valence-corrected chi connectivity index (χ1v) is 8.30. The van der Waals surface area contributed by atoms with Crippen molar-refractivity contribution in [2.75, 3.05) is 13.1 Å². The van der Waals surface area contributed by atoms with Gasteiger partial charge in [0.2, 0.25) is 5.91 Å². The number of carbonyl (C=O) groups excluding carboxylic acids is 1. The maximum atomic E-state index is 13.3. The van der Waals surface area contributed by atoms with Crippen LogP contribution < -0.4 is 5.32 Å². The van der Waals surface area contributed by atoms with Crippen LogP contribution in [0.1, 0.15) is 25.8 Å². The van der Waals surface area contributed by atoms with Crippen LogP contribution in [0.4, 0.5) is 4.39 Å². The van der Waals surface area contributed by atoms with E-state index < -0.39 is 0 Å². The third-order valence-corrected chi connectivity index (χ3v) is 4.55. The molecule has 126 valence electrons. The van der Waals surface area contributed by atoms with Gasteiger partial charge in [0, 0.05) is 26.6 Å². The van der Waals surface area contributed by atoms with Crippen LogP contribution >= 0.6 is 0 Å². The van der Waals surface area contributed by atoms with E-state index in [9.17, 15) is 9.18 Å². The molecule has 0 bridgehead atoms. The minimum atomic E-state index is -0.217. The number of halogens is 1. The fraction of sp³-hybridized carbons (Fsp3) is 0.350. The topological polar surface area (TPSA) is 32.3 Å². The smallest absolute Gasteiger partial charge is 0.217 e. The molecule has 0 saturated carbocycles. The van der Waals surface area contributed by atoms with E-state index in [1.807, 2.05) is 18.2 Å². The summed E-state index contributed by atoms with van der Waals surface area (Å²) in [6.07, 6.45) is 0.966. The van der Waals surface area contributed by atoms with Crippen molar-refractivity contribution >= 4 is 5.91 Å². The lowest BCUT2D eigenvalue weighted by atomic mass is 10.0. The van der Waals surface area contributed by atoms with Crippen LogP contribution in [0.15, 0.2) is 48.5 Å². The van der Waals surface area contributed by atoms with Gasteiger partial charge in [0.1, 0.15) is 5.82 Å². The molecule has 0 radical (unpaired) electrons. The number of hydrogen-bond donors (Lipinski definition) is 1. The van der Waals surface area contributed by atoms with Gasteiger partial charge in [-0.15, -0.1) is 0 Å². The zero-order valence-corrected chi connectivity index (χ0v) is 14.2. The first-order chi connectivity index (χ1) is 11.4. The molecular weight excluding hydrogens is 303 g/mol. The normalized spacial score (nSPS) is 21.0. The average molecular weight is 326 g/mol. The molecule has 1 amide bonds. The third-order valence-electron chi connectivity index (χ3n) is 4.55. The van der Waals surface area contributed by atoms with E-state index in [0.29, 0.717) is 0 Å². The number of nitrogens with zero attached hydrogens (tertiary/aromatic N) is 1. The van der Waals surface area contributed by atoms with Crippen molar-refractivity contribution in [3.8, 4) is 11.1 Å². The Morgan fingerprint density at radius 3 is 2.62 bits per heavy atom. The largest absolute Gasteiger partial charge is 0.350 e. The van der Waals surface area contributed by atoms with Gasteiger partial charge >= 0.3 is 0 Å². The fourth-order valence-electron chi connectivity index (χ4n) is 3.45. The molecule has 4 heteroatoms. The van der Waals surface area contributed by atoms with Gasteiger partial charge in [-0.1, -0.05) is 36.4 Å². The number of carbonyl (C=O) groups is 1. The van der Waals surface area contributed by atoms with E-state index in [2.05, 4.69) is 29.3 Å². The molecule has 2 aromatic carbocycles. The number of nitrogens with one attached hydrogen (secondary N) is 1. The second kappa shape index (κ2) is 6.73. The summed E-state index contributed by atoms with van der Waals surface area (Å²) in [5.41, 5.74) is 3.00. The summed E-state index contributed by atoms with van der Waals surface area (Å²) in [6, 6.07) is 14.9. The van der Waals surface area contributed by atoms with Crippen molar-refractivity contribution in [2.45, 2.75) is 32.4 Å². The molecule has 1 unspecified atom stereocenters. The molecule has 1 aliphatic rings.